The van der Waals surface area contributed by atoms with Gasteiger partial charge in [-0.1, -0.05) is 58.6 Å². The molecule has 2 rings (SSSR count). The van der Waals surface area contributed by atoms with Crippen LogP contribution >= 0.6 is 0 Å². The van der Waals surface area contributed by atoms with E-state index in [1.165, 1.54) is 5.69 Å². The molecule has 0 radical (unpaired) electrons. The highest BCUT2D eigenvalue weighted by atomic mass is 15.3. The fourth-order valence-electron chi connectivity index (χ4n) is 2.31. The molecular weight excluding hydrogens is 308 g/mol. The van der Waals surface area contributed by atoms with Gasteiger partial charge in [0.1, 0.15) is 5.84 Å². The Labute approximate surface area is 154 Å². The number of rotatable bonds is 4. The van der Waals surface area contributed by atoms with Gasteiger partial charge in [0.2, 0.25) is 0 Å². The molecule has 1 aromatic rings. The van der Waals surface area contributed by atoms with Crippen molar-refractivity contribution in [1.29, 1.82) is 5.41 Å². The smallest absolute Gasteiger partial charge is 0.127 e. The highest BCUT2D eigenvalue weighted by Gasteiger charge is 2.19. The number of pyridine rings is 1. The normalized spacial score (nSPS) is 13.8. The van der Waals surface area contributed by atoms with Crippen molar-refractivity contribution in [3.63, 3.8) is 0 Å². The monoisotopic (exact) mass is 342 g/mol. The minimum Gasteiger partial charge on any atom is -0.368 e. The molecule has 0 spiro atoms. The predicted octanol–water partition coefficient (Wildman–Crippen LogP) is 4.92. The van der Waals surface area contributed by atoms with Crippen LogP contribution in [0.15, 0.2) is 61.0 Å². The van der Waals surface area contributed by atoms with Gasteiger partial charge in [-0.2, -0.15) is 0 Å². The van der Waals surface area contributed by atoms with E-state index in [4.69, 9.17) is 5.41 Å². The number of allylic oxidation sites excluding steroid dienone is 3. The average molecular weight is 343 g/mol. The maximum atomic E-state index is 8.22. The molecule has 138 valence electrons. The van der Waals surface area contributed by atoms with Crippen LogP contribution in [0.1, 0.15) is 34.6 Å². The van der Waals surface area contributed by atoms with Gasteiger partial charge >= 0.3 is 0 Å². The Balaban J connectivity index is 0.00000134. The molecule has 0 unspecified atom stereocenters. The Morgan fingerprint density at radius 2 is 1.60 bits per heavy atom. The van der Waals surface area contributed by atoms with E-state index in [0.29, 0.717) is 5.84 Å². The minimum atomic E-state index is 0.519. The second-order valence-electron chi connectivity index (χ2n) is 4.94. The second kappa shape index (κ2) is 14.0. The van der Waals surface area contributed by atoms with Crippen molar-refractivity contribution < 1.29 is 0 Å². The number of hydrogen-bond donors (Lipinski definition) is 1. The zero-order valence-corrected chi connectivity index (χ0v) is 16.5. The van der Waals surface area contributed by atoms with Gasteiger partial charge in [-0.15, -0.1) is 0 Å². The van der Waals surface area contributed by atoms with Crippen molar-refractivity contribution in [2.24, 2.45) is 0 Å². The summed E-state index contributed by atoms with van der Waals surface area (Å²) in [5.74, 6) is 0.519. The van der Waals surface area contributed by atoms with Crippen molar-refractivity contribution in [2.45, 2.75) is 34.6 Å². The zero-order valence-electron chi connectivity index (χ0n) is 16.5. The van der Waals surface area contributed by atoms with Crippen molar-refractivity contribution in [1.82, 2.24) is 9.88 Å². The molecular formula is C21H34N4. The molecule has 0 bridgehead atoms. The van der Waals surface area contributed by atoms with Crippen LogP contribution in [0, 0.1) is 5.41 Å². The van der Waals surface area contributed by atoms with Crippen LogP contribution < -0.4 is 4.90 Å². The van der Waals surface area contributed by atoms with Crippen molar-refractivity contribution in [3.05, 3.63) is 61.0 Å². The molecule has 2 heterocycles. The summed E-state index contributed by atoms with van der Waals surface area (Å²) in [4.78, 5) is 8.45. The first-order valence-corrected chi connectivity index (χ1v) is 9.19. The van der Waals surface area contributed by atoms with E-state index >= 15 is 0 Å². The molecule has 1 aliphatic rings. The Hall–Kier alpha value is -2.36. The molecule has 0 aliphatic carbocycles. The lowest BCUT2D eigenvalue weighted by molar-refractivity contribution is 0.384. The number of hydrogen-bond acceptors (Lipinski definition) is 3. The van der Waals surface area contributed by atoms with Gasteiger partial charge in [-0.05, 0) is 19.1 Å². The molecule has 25 heavy (non-hydrogen) atoms. The Morgan fingerprint density at radius 3 is 2.12 bits per heavy atom. The maximum Gasteiger partial charge on any atom is 0.127 e. The fraction of sp³-hybridized carbons (Fsp3) is 0.429. The number of nitrogens with zero attached hydrogens (tertiary/aromatic N) is 3. The molecule has 1 aromatic heterocycles. The van der Waals surface area contributed by atoms with E-state index in [2.05, 4.69) is 21.4 Å². The van der Waals surface area contributed by atoms with Crippen LogP contribution in [-0.2, 0) is 0 Å². The highest BCUT2D eigenvalue weighted by molar-refractivity contribution is 5.98. The summed E-state index contributed by atoms with van der Waals surface area (Å²) in [5, 5.41) is 8.22. The number of anilines is 1. The summed E-state index contributed by atoms with van der Waals surface area (Å²) in [6, 6.07) is 4.06. The molecule has 4 heteroatoms. The van der Waals surface area contributed by atoms with E-state index in [1.54, 1.807) is 0 Å². The average Bonchev–Trinajstić information content (AvgIpc) is 2.71. The van der Waals surface area contributed by atoms with E-state index in [1.807, 2.05) is 83.4 Å². The molecule has 4 nitrogen and oxygen atoms in total. The lowest BCUT2D eigenvalue weighted by Crippen LogP contribution is -2.48. The Bertz CT molecular complexity index is 538. The van der Waals surface area contributed by atoms with Crippen LogP contribution in [0.5, 0.6) is 0 Å². The van der Waals surface area contributed by atoms with E-state index < -0.39 is 0 Å². The predicted molar refractivity (Wildman–Crippen MR) is 112 cm³/mol. The summed E-state index contributed by atoms with van der Waals surface area (Å²) >= 11 is 0. The lowest BCUT2D eigenvalue weighted by atomic mass is 10.2. The van der Waals surface area contributed by atoms with Gasteiger partial charge in [0, 0.05) is 49.8 Å². The van der Waals surface area contributed by atoms with Crippen LogP contribution in [-0.4, -0.2) is 41.9 Å². The molecule has 0 atom stereocenters. The number of nitrogens with one attached hydrogen (secondary N) is 1. The summed E-state index contributed by atoms with van der Waals surface area (Å²) in [5.41, 5.74) is 1.95. The first-order chi connectivity index (χ1) is 12.2. The molecule has 0 aromatic carbocycles. The summed E-state index contributed by atoms with van der Waals surface area (Å²) in [7, 11) is 0. The minimum absolute atomic E-state index is 0.519. The zero-order chi connectivity index (χ0) is 19.1. The SMILES string of the molecule is C=C(/C=C\C=C/C)C(=N)N1CCN(c2ccncc2)CC1.CC.CC. The number of aromatic nitrogens is 1. The Kier molecular flexibility index (Phi) is 12.7. The van der Waals surface area contributed by atoms with Gasteiger partial charge in [0.25, 0.3) is 0 Å². The third kappa shape index (κ3) is 7.84. The van der Waals surface area contributed by atoms with Gasteiger partial charge in [0.15, 0.2) is 0 Å². The molecule has 1 N–H and O–H groups in total. The first kappa shape index (κ1) is 22.6. The van der Waals surface area contributed by atoms with E-state index in [-0.39, 0.29) is 0 Å². The van der Waals surface area contributed by atoms with Crippen molar-refractivity contribution >= 4 is 11.5 Å². The molecule has 0 saturated carbocycles. The van der Waals surface area contributed by atoms with Crippen LogP contribution in [0.25, 0.3) is 0 Å². The highest BCUT2D eigenvalue weighted by Crippen LogP contribution is 2.15. The van der Waals surface area contributed by atoms with Gasteiger partial charge in [-0.3, -0.25) is 10.4 Å². The molecule has 1 aliphatic heterocycles. The molecule has 1 saturated heterocycles. The quantitative estimate of drug-likeness (QED) is 0.480. The fourth-order valence-corrected chi connectivity index (χ4v) is 2.31. The van der Waals surface area contributed by atoms with Crippen LogP contribution in [0.2, 0.25) is 0 Å². The van der Waals surface area contributed by atoms with E-state index in [0.717, 1.165) is 31.8 Å². The topological polar surface area (TPSA) is 43.2 Å². The van der Waals surface area contributed by atoms with Crippen molar-refractivity contribution in [2.75, 3.05) is 31.1 Å². The molecule has 1 fully saturated rings. The van der Waals surface area contributed by atoms with Crippen LogP contribution in [0.3, 0.4) is 0 Å². The van der Waals surface area contributed by atoms with Crippen LogP contribution in [0.4, 0.5) is 5.69 Å². The second-order valence-corrected chi connectivity index (χ2v) is 4.94. The Morgan fingerprint density at radius 1 is 1.04 bits per heavy atom. The largest absolute Gasteiger partial charge is 0.368 e. The standard InChI is InChI=1S/C17H22N4.2C2H6/c1-3-4-5-6-15(2)17(18)21-13-11-20(12-14-21)16-7-9-19-10-8-16;2*1-2/h3-10,18H,2,11-14H2,1H3;2*1-2H3/b4-3-,6-5-,18-17?;;. The third-order valence-corrected chi connectivity index (χ3v) is 3.53. The number of amidine groups is 1. The third-order valence-electron chi connectivity index (χ3n) is 3.53. The van der Waals surface area contributed by atoms with Crippen molar-refractivity contribution in [3.8, 4) is 0 Å². The summed E-state index contributed by atoms with van der Waals surface area (Å²) in [6.07, 6.45) is 11.3. The first-order valence-electron chi connectivity index (χ1n) is 9.19. The lowest BCUT2D eigenvalue weighted by Gasteiger charge is -2.37. The van der Waals surface area contributed by atoms with Gasteiger partial charge in [0.05, 0.1) is 0 Å². The summed E-state index contributed by atoms with van der Waals surface area (Å²) in [6.45, 7) is 17.5. The maximum absolute atomic E-state index is 8.22. The van der Waals surface area contributed by atoms with Gasteiger partial charge < -0.3 is 9.80 Å². The molecule has 0 amide bonds. The van der Waals surface area contributed by atoms with E-state index in [9.17, 15) is 0 Å². The van der Waals surface area contributed by atoms with Gasteiger partial charge in [-0.25, -0.2) is 0 Å². The number of piperazine rings is 1. The summed E-state index contributed by atoms with van der Waals surface area (Å²) < 4.78 is 0.